The number of halogens is 1. The molecule has 0 aliphatic heterocycles. The first kappa shape index (κ1) is 11.6. The average Bonchev–Trinajstić information content (AvgIpc) is 2.97. The molecule has 0 spiro atoms. The number of rotatable bonds is 1. The summed E-state index contributed by atoms with van der Waals surface area (Å²) in [5.74, 6) is -0.219. The molecule has 4 rings (SSSR count). The monoisotopic (exact) mass is 282 g/mol. The summed E-state index contributed by atoms with van der Waals surface area (Å²) >= 11 is 1.34. The fourth-order valence-electron chi connectivity index (χ4n) is 2.67. The average molecular weight is 282 g/mol. The number of para-hydroxylation sites is 1. The molecule has 2 aromatic heterocycles. The van der Waals surface area contributed by atoms with Gasteiger partial charge in [0.2, 0.25) is 0 Å². The van der Waals surface area contributed by atoms with Crippen LogP contribution in [0, 0.1) is 12.7 Å². The van der Waals surface area contributed by atoms with Crippen molar-refractivity contribution in [2.75, 3.05) is 0 Å². The first-order valence-electron chi connectivity index (χ1n) is 6.36. The number of aromatic nitrogens is 2. The van der Waals surface area contributed by atoms with Crippen molar-refractivity contribution in [2.45, 2.75) is 6.92 Å². The first-order chi connectivity index (χ1) is 9.74. The lowest BCUT2D eigenvalue weighted by Gasteiger charge is -1.99. The summed E-state index contributed by atoms with van der Waals surface area (Å²) in [5, 5.41) is 2.16. The SMILES string of the molecule is Cc1[nH]c2ccccc2c1-c1nsc2cc(F)ccc12. The molecule has 0 aliphatic rings. The molecular weight excluding hydrogens is 271 g/mol. The summed E-state index contributed by atoms with van der Waals surface area (Å²) in [6, 6.07) is 13.0. The molecule has 20 heavy (non-hydrogen) atoms. The topological polar surface area (TPSA) is 28.7 Å². The number of hydrogen-bond donors (Lipinski definition) is 1. The van der Waals surface area contributed by atoms with Gasteiger partial charge >= 0.3 is 0 Å². The summed E-state index contributed by atoms with van der Waals surface area (Å²) in [7, 11) is 0. The summed E-state index contributed by atoms with van der Waals surface area (Å²) < 4.78 is 18.7. The van der Waals surface area contributed by atoms with Crippen molar-refractivity contribution in [3.63, 3.8) is 0 Å². The van der Waals surface area contributed by atoms with Crippen molar-refractivity contribution in [1.82, 2.24) is 9.36 Å². The highest BCUT2D eigenvalue weighted by atomic mass is 32.1. The summed E-state index contributed by atoms with van der Waals surface area (Å²) in [6.45, 7) is 2.05. The molecule has 0 bridgehead atoms. The van der Waals surface area contributed by atoms with Gasteiger partial charge in [-0.2, -0.15) is 4.37 Å². The Labute approximate surface area is 119 Å². The number of aromatic amines is 1. The number of hydrogen-bond acceptors (Lipinski definition) is 2. The van der Waals surface area contributed by atoms with Crippen molar-refractivity contribution in [3.05, 3.63) is 54.0 Å². The zero-order chi connectivity index (χ0) is 13.7. The molecule has 0 radical (unpaired) electrons. The normalized spacial score (nSPS) is 11.5. The summed E-state index contributed by atoms with van der Waals surface area (Å²) in [4.78, 5) is 3.38. The molecule has 0 saturated carbocycles. The van der Waals surface area contributed by atoms with Crippen LogP contribution in [0.5, 0.6) is 0 Å². The lowest BCUT2D eigenvalue weighted by atomic mass is 10.0. The maximum atomic E-state index is 13.3. The highest BCUT2D eigenvalue weighted by Crippen LogP contribution is 2.37. The third-order valence-corrected chi connectivity index (χ3v) is 4.37. The van der Waals surface area contributed by atoms with E-state index in [4.69, 9.17) is 0 Å². The molecule has 0 unspecified atom stereocenters. The predicted molar refractivity (Wildman–Crippen MR) is 81.6 cm³/mol. The van der Waals surface area contributed by atoms with E-state index in [0.29, 0.717) is 0 Å². The van der Waals surface area contributed by atoms with Crippen LogP contribution in [-0.2, 0) is 0 Å². The lowest BCUT2D eigenvalue weighted by molar-refractivity contribution is 0.630. The van der Waals surface area contributed by atoms with Gasteiger partial charge in [-0.25, -0.2) is 4.39 Å². The molecule has 0 amide bonds. The van der Waals surface area contributed by atoms with E-state index in [2.05, 4.69) is 21.5 Å². The van der Waals surface area contributed by atoms with Gasteiger partial charge in [0.05, 0.1) is 10.4 Å². The number of aryl methyl sites for hydroxylation is 1. The molecule has 2 aromatic carbocycles. The van der Waals surface area contributed by atoms with Crippen molar-refractivity contribution >= 4 is 32.5 Å². The maximum absolute atomic E-state index is 13.3. The molecule has 4 heteroatoms. The molecule has 2 nitrogen and oxygen atoms in total. The van der Waals surface area contributed by atoms with E-state index in [0.717, 1.165) is 37.9 Å². The molecule has 0 atom stereocenters. The van der Waals surface area contributed by atoms with E-state index >= 15 is 0 Å². The fraction of sp³-hybridized carbons (Fsp3) is 0.0625. The second-order valence-electron chi connectivity index (χ2n) is 4.84. The minimum atomic E-state index is -0.219. The second kappa shape index (κ2) is 4.15. The smallest absolute Gasteiger partial charge is 0.124 e. The number of nitrogens with zero attached hydrogens (tertiary/aromatic N) is 1. The predicted octanol–water partition coefficient (Wildman–Crippen LogP) is 4.89. The van der Waals surface area contributed by atoms with Crippen molar-refractivity contribution in [3.8, 4) is 11.3 Å². The molecule has 0 saturated heterocycles. The lowest BCUT2D eigenvalue weighted by Crippen LogP contribution is -1.80. The van der Waals surface area contributed by atoms with Gasteiger partial charge < -0.3 is 4.98 Å². The Kier molecular flexibility index (Phi) is 2.41. The van der Waals surface area contributed by atoms with Crippen LogP contribution < -0.4 is 0 Å². The molecule has 0 aliphatic carbocycles. The highest BCUT2D eigenvalue weighted by Gasteiger charge is 2.16. The minimum absolute atomic E-state index is 0.219. The summed E-state index contributed by atoms with van der Waals surface area (Å²) in [6.07, 6.45) is 0. The third-order valence-electron chi connectivity index (χ3n) is 3.56. The van der Waals surface area contributed by atoms with E-state index in [-0.39, 0.29) is 5.82 Å². The number of H-pyrrole nitrogens is 1. The van der Waals surface area contributed by atoms with Gasteiger partial charge in [-0.3, -0.25) is 0 Å². The Hall–Kier alpha value is -2.20. The van der Waals surface area contributed by atoms with Gasteiger partial charge in [0.1, 0.15) is 5.82 Å². The van der Waals surface area contributed by atoms with Crippen LogP contribution in [0.4, 0.5) is 4.39 Å². The molecule has 98 valence electrons. The van der Waals surface area contributed by atoms with Crippen LogP contribution in [0.1, 0.15) is 5.69 Å². The van der Waals surface area contributed by atoms with Crippen molar-refractivity contribution < 1.29 is 4.39 Å². The minimum Gasteiger partial charge on any atom is -0.358 e. The highest BCUT2D eigenvalue weighted by molar-refractivity contribution is 7.13. The standard InChI is InChI=1S/C16H11FN2S/c1-9-15(11-4-2-3-5-13(11)18-9)16-12-7-6-10(17)8-14(12)20-19-16/h2-8,18H,1H3. The van der Waals surface area contributed by atoms with E-state index in [1.165, 1.54) is 17.6 Å². The van der Waals surface area contributed by atoms with Gasteiger partial charge in [0.25, 0.3) is 0 Å². The van der Waals surface area contributed by atoms with Gasteiger partial charge in [-0.05, 0) is 42.7 Å². The fourth-order valence-corrected chi connectivity index (χ4v) is 3.48. The Morgan fingerprint density at radius 3 is 2.85 bits per heavy atom. The van der Waals surface area contributed by atoms with Gasteiger partial charge in [0.15, 0.2) is 0 Å². The van der Waals surface area contributed by atoms with Crippen LogP contribution in [-0.4, -0.2) is 9.36 Å². The maximum Gasteiger partial charge on any atom is 0.124 e. The molecular formula is C16H11FN2S. The van der Waals surface area contributed by atoms with Gasteiger partial charge in [-0.15, -0.1) is 0 Å². The summed E-state index contributed by atoms with van der Waals surface area (Å²) in [5.41, 5.74) is 4.23. The van der Waals surface area contributed by atoms with Crippen LogP contribution in [0.25, 0.3) is 32.2 Å². The zero-order valence-electron chi connectivity index (χ0n) is 10.8. The molecule has 0 fully saturated rings. The Bertz CT molecular complexity index is 936. The molecule has 2 heterocycles. The van der Waals surface area contributed by atoms with Crippen molar-refractivity contribution in [1.29, 1.82) is 0 Å². The zero-order valence-corrected chi connectivity index (χ0v) is 11.6. The van der Waals surface area contributed by atoms with E-state index in [1.807, 2.05) is 25.1 Å². The Balaban J connectivity index is 2.09. The Morgan fingerprint density at radius 1 is 1.10 bits per heavy atom. The van der Waals surface area contributed by atoms with Crippen LogP contribution in [0.15, 0.2) is 42.5 Å². The van der Waals surface area contributed by atoms with Crippen LogP contribution in [0.3, 0.4) is 0 Å². The van der Waals surface area contributed by atoms with E-state index < -0.39 is 0 Å². The third kappa shape index (κ3) is 1.58. The molecule has 4 aromatic rings. The van der Waals surface area contributed by atoms with Crippen molar-refractivity contribution in [2.24, 2.45) is 0 Å². The number of fused-ring (bicyclic) bond motifs is 2. The first-order valence-corrected chi connectivity index (χ1v) is 7.14. The van der Waals surface area contributed by atoms with Crippen LogP contribution in [0.2, 0.25) is 0 Å². The molecule has 1 N–H and O–H groups in total. The van der Waals surface area contributed by atoms with Gasteiger partial charge in [-0.1, -0.05) is 18.2 Å². The van der Waals surface area contributed by atoms with Gasteiger partial charge in [0, 0.05) is 27.5 Å². The van der Waals surface area contributed by atoms with Crippen LogP contribution >= 0.6 is 11.5 Å². The Morgan fingerprint density at radius 2 is 1.95 bits per heavy atom. The number of benzene rings is 2. The van der Waals surface area contributed by atoms with E-state index in [1.54, 1.807) is 6.07 Å². The second-order valence-corrected chi connectivity index (χ2v) is 5.65. The largest absolute Gasteiger partial charge is 0.358 e. The van der Waals surface area contributed by atoms with E-state index in [9.17, 15) is 4.39 Å². The quantitative estimate of drug-likeness (QED) is 0.529. The number of nitrogens with one attached hydrogen (secondary N) is 1.